The summed E-state index contributed by atoms with van der Waals surface area (Å²) < 4.78 is 55.2. The zero-order valence-corrected chi connectivity index (χ0v) is 20.0. The molecule has 1 aromatic heterocycles. The number of aryl methyl sites for hydroxylation is 1. The van der Waals surface area contributed by atoms with Gasteiger partial charge in [0.25, 0.3) is 0 Å². The van der Waals surface area contributed by atoms with E-state index in [9.17, 15) is 22.0 Å². The zero-order chi connectivity index (χ0) is 24.5. The number of hydrogen-bond acceptors (Lipinski definition) is 4. The number of halogens is 2. The van der Waals surface area contributed by atoms with E-state index in [1.54, 1.807) is 12.1 Å². The molecule has 180 valence electrons. The Labute approximate surface area is 198 Å². The van der Waals surface area contributed by atoms with Crippen molar-refractivity contribution in [2.75, 3.05) is 32.7 Å². The highest BCUT2D eigenvalue weighted by Crippen LogP contribution is 2.22. The Bertz CT molecular complexity index is 1280. The Balaban J connectivity index is 1.38. The number of benzene rings is 2. The molecule has 0 amide bonds. The van der Waals surface area contributed by atoms with E-state index in [-0.39, 0.29) is 23.9 Å². The Hall–Kier alpha value is -2.88. The normalized spacial score (nSPS) is 15.5. The molecule has 9 heteroatoms. The third-order valence-electron chi connectivity index (χ3n) is 6.17. The lowest BCUT2D eigenvalue weighted by molar-refractivity contribution is 0.0901. The molecule has 0 atom stereocenters. The molecule has 4 rings (SSSR count). The van der Waals surface area contributed by atoms with Crippen molar-refractivity contribution in [3.63, 3.8) is 0 Å². The topological polar surface area (TPSA) is 62.6 Å². The van der Waals surface area contributed by atoms with E-state index in [4.69, 9.17) is 0 Å². The quantitative estimate of drug-likeness (QED) is 0.477. The second kappa shape index (κ2) is 9.77. The highest BCUT2D eigenvalue weighted by molar-refractivity contribution is 7.88. The molecular formula is C25H27F2N3O3S. The van der Waals surface area contributed by atoms with Crippen LogP contribution >= 0.6 is 0 Å². The van der Waals surface area contributed by atoms with Crippen LogP contribution in [0.25, 0.3) is 5.69 Å². The molecule has 1 fully saturated rings. The van der Waals surface area contributed by atoms with E-state index in [1.807, 2.05) is 29.4 Å². The summed E-state index contributed by atoms with van der Waals surface area (Å²) in [6, 6.07) is 13.4. The van der Waals surface area contributed by atoms with Gasteiger partial charge in [-0.2, -0.15) is 4.31 Å². The summed E-state index contributed by atoms with van der Waals surface area (Å²) in [7, 11) is -3.53. The fraction of sp³-hybridized carbons (Fsp3) is 0.320. The van der Waals surface area contributed by atoms with Gasteiger partial charge in [-0.05, 0) is 61.9 Å². The van der Waals surface area contributed by atoms with Gasteiger partial charge in [0.05, 0.1) is 12.3 Å². The van der Waals surface area contributed by atoms with Gasteiger partial charge in [0.2, 0.25) is 10.0 Å². The highest BCUT2D eigenvalue weighted by atomic mass is 32.2. The third kappa shape index (κ3) is 5.27. The van der Waals surface area contributed by atoms with Crippen LogP contribution in [0.15, 0.2) is 54.6 Å². The Morgan fingerprint density at radius 1 is 0.882 bits per heavy atom. The summed E-state index contributed by atoms with van der Waals surface area (Å²) in [4.78, 5) is 15.0. The average molecular weight is 488 g/mol. The molecule has 0 bridgehead atoms. The van der Waals surface area contributed by atoms with Crippen LogP contribution in [0.3, 0.4) is 0 Å². The minimum absolute atomic E-state index is 0.0379. The summed E-state index contributed by atoms with van der Waals surface area (Å²) in [6.45, 7) is 5.45. The summed E-state index contributed by atoms with van der Waals surface area (Å²) in [5, 5.41) is 0. The van der Waals surface area contributed by atoms with Crippen LogP contribution in [0.4, 0.5) is 8.78 Å². The first kappa shape index (κ1) is 24.3. The summed E-state index contributed by atoms with van der Waals surface area (Å²) in [5.74, 6) is -0.940. The van der Waals surface area contributed by atoms with Gasteiger partial charge >= 0.3 is 0 Å². The molecule has 1 aliphatic rings. The number of rotatable bonds is 7. The van der Waals surface area contributed by atoms with Gasteiger partial charge in [0, 0.05) is 48.8 Å². The minimum atomic E-state index is -3.53. The van der Waals surface area contributed by atoms with E-state index in [0.29, 0.717) is 37.3 Å². The van der Waals surface area contributed by atoms with E-state index in [0.717, 1.165) is 17.1 Å². The number of carbonyl (C=O) groups is 1. The lowest BCUT2D eigenvalue weighted by Crippen LogP contribution is -2.50. The summed E-state index contributed by atoms with van der Waals surface area (Å²) >= 11 is 0. The predicted molar refractivity (Wildman–Crippen MR) is 127 cm³/mol. The first-order valence-electron chi connectivity index (χ1n) is 11.1. The van der Waals surface area contributed by atoms with Crippen LogP contribution in [0.5, 0.6) is 0 Å². The van der Waals surface area contributed by atoms with Gasteiger partial charge in [-0.3, -0.25) is 9.69 Å². The van der Waals surface area contributed by atoms with Crippen LogP contribution in [-0.4, -0.2) is 60.7 Å². The number of carbonyl (C=O) groups excluding carboxylic acids is 1. The molecule has 34 heavy (non-hydrogen) atoms. The highest BCUT2D eigenvalue weighted by Gasteiger charge is 2.28. The molecule has 2 heterocycles. The number of piperazine rings is 1. The summed E-state index contributed by atoms with van der Waals surface area (Å²) in [5.41, 5.74) is 3.60. The Morgan fingerprint density at radius 3 is 2.03 bits per heavy atom. The second-order valence-corrected chi connectivity index (χ2v) is 10.5. The van der Waals surface area contributed by atoms with Gasteiger partial charge in [0.1, 0.15) is 11.6 Å². The van der Waals surface area contributed by atoms with Crippen molar-refractivity contribution < 1.29 is 22.0 Å². The van der Waals surface area contributed by atoms with Gasteiger partial charge in [-0.25, -0.2) is 17.2 Å². The minimum Gasteiger partial charge on any atom is -0.318 e. The average Bonchev–Trinajstić information content (AvgIpc) is 3.10. The van der Waals surface area contributed by atoms with Crippen molar-refractivity contribution in [1.82, 2.24) is 13.8 Å². The molecule has 1 saturated heterocycles. The first-order chi connectivity index (χ1) is 16.1. The van der Waals surface area contributed by atoms with Crippen molar-refractivity contribution in [2.24, 2.45) is 0 Å². The molecule has 0 saturated carbocycles. The molecular weight excluding hydrogens is 460 g/mol. The van der Waals surface area contributed by atoms with Crippen molar-refractivity contribution in [2.45, 2.75) is 19.6 Å². The second-order valence-electron chi connectivity index (χ2n) is 8.58. The van der Waals surface area contributed by atoms with Crippen molar-refractivity contribution in [3.8, 4) is 5.69 Å². The van der Waals surface area contributed by atoms with Crippen LogP contribution in [-0.2, 0) is 15.8 Å². The largest absolute Gasteiger partial charge is 0.318 e. The predicted octanol–water partition coefficient (Wildman–Crippen LogP) is 3.70. The maximum absolute atomic E-state index is 13.3. The number of hydrogen-bond donors (Lipinski definition) is 0. The molecule has 0 N–H and O–H groups in total. The number of nitrogens with zero attached hydrogens (tertiary/aromatic N) is 3. The van der Waals surface area contributed by atoms with Gasteiger partial charge < -0.3 is 4.57 Å². The molecule has 6 nitrogen and oxygen atoms in total. The monoisotopic (exact) mass is 487 g/mol. The van der Waals surface area contributed by atoms with E-state index < -0.39 is 15.8 Å². The van der Waals surface area contributed by atoms with Crippen LogP contribution in [0.2, 0.25) is 0 Å². The van der Waals surface area contributed by atoms with Gasteiger partial charge in [-0.1, -0.05) is 12.1 Å². The van der Waals surface area contributed by atoms with E-state index >= 15 is 0 Å². The zero-order valence-electron chi connectivity index (χ0n) is 19.2. The van der Waals surface area contributed by atoms with Gasteiger partial charge in [-0.15, -0.1) is 0 Å². The maximum Gasteiger partial charge on any atom is 0.218 e. The summed E-state index contributed by atoms with van der Waals surface area (Å²) in [6.07, 6.45) is 0. The molecule has 0 spiro atoms. The van der Waals surface area contributed by atoms with E-state index in [1.165, 1.54) is 40.7 Å². The third-order valence-corrected chi connectivity index (χ3v) is 8.02. The maximum atomic E-state index is 13.3. The lowest BCUT2D eigenvalue weighted by atomic mass is 10.1. The smallest absolute Gasteiger partial charge is 0.218 e. The lowest BCUT2D eigenvalue weighted by Gasteiger charge is -2.33. The first-order valence-corrected chi connectivity index (χ1v) is 12.7. The Morgan fingerprint density at radius 2 is 1.44 bits per heavy atom. The standard InChI is InChI=1S/C25H27F2N3O3S/c1-18-15-24(19(2)30(18)23-9-7-22(27)8-10-23)25(31)16-28-11-13-29(14-12-28)34(32,33)17-20-3-5-21(26)6-4-20/h3-10,15H,11-14,16-17H2,1-2H3. The molecule has 0 aliphatic carbocycles. The number of sulfonamides is 1. The molecule has 2 aromatic carbocycles. The number of aromatic nitrogens is 1. The fourth-order valence-corrected chi connectivity index (χ4v) is 5.89. The fourth-order valence-electron chi connectivity index (χ4n) is 4.37. The van der Waals surface area contributed by atoms with Crippen LogP contribution in [0.1, 0.15) is 27.3 Å². The van der Waals surface area contributed by atoms with Crippen molar-refractivity contribution in [3.05, 3.63) is 88.7 Å². The SMILES string of the molecule is Cc1cc(C(=O)CN2CCN(S(=O)(=O)Cc3ccc(F)cc3)CC2)c(C)n1-c1ccc(F)cc1. The van der Waals surface area contributed by atoms with Crippen molar-refractivity contribution >= 4 is 15.8 Å². The number of Topliss-reactive ketones (excluding diaryl/α,β-unsaturated/α-hetero) is 1. The van der Waals surface area contributed by atoms with Crippen LogP contribution in [0, 0.1) is 25.5 Å². The van der Waals surface area contributed by atoms with Crippen LogP contribution < -0.4 is 0 Å². The molecule has 0 unspecified atom stereocenters. The van der Waals surface area contributed by atoms with E-state index in [2.05, 4.69) is 0 Å². The molecule has 1 aliphatic heterocycles. The number of ketones is 1. The van der Waals surface area contributed by atoms with Crippen molar-refractivity contribution in [1.29, 1.82) is 0 Å². The van der Waals surface area contributed by atoms with Gasteiger partial charge in [0.15, 0.2) is 5.78 Å². The molecule has 0 radical (unpaired) electrons. The molecule has 3 aromatic rings. The Kier molecular flexibility index (Phi) is 6.97.